The molecule has 1 unspecified atom stereocenters. The summed E-state index contributed by atoms with van der Waals surface area (Å²) in [5.41, 5.74) is 0. The molecule has 0 bridgehead atoms. The predicted octanol–water partition coefficient (Wildman–Crippen LogP) is 2.25. The van der Waals surface area contributed by atoms with Gasteiger partial charge in [0.05, 0.1) is 5.92 Å². The quantitative estimate of drug-likeness (QED) is 0.807. The Balaban J connectivity index is 1.14. The van der Waals surface area contributed by atoms with Gasteiger partial charge in [-0.25, -0.2) is 0 Å². The fourth-order valence-corrected chi connectivity index (χ4v) is 5.02. The largest absolute Gasteiger partial charge is 0.342 e. The number of nitrogens with zero attached hydrogens (tertiary/aromatic N) is 5. The first-order chi connectivity index (χ1) is 13.3. The summed E-state index contributed by atoms with van der Waals surface area (Å²) >= 11 is 0. The first-order valence-electron chi connectivity index (χ1n) is 10.9. The number of likely N-dealkylation sites (tertiary alicyclic amines) is 2. The molecule has 7 nitrogen and oxygen atoms in total. The van der Waals surface area contributed by atoms with Crippen LogP contribution >= 0.6 is 0 Å². The van der Waals surface area contributed by atoms with E-state index in [0.29, 0.717) is 17.9 Å². The molecule has 1 aromatic heterocycles. The number of rotatable bonds is 4. The number of piperidine rings is 2. The van der Waals surface area contributed by atoms with Gasteiger partial charge in [-0.1, -0.05) is 0 Å². The van der Waals surface area contributed by atoms with E-state index in [1.165, 1.54) is 25.7 Å². The third kappa shape index (κ3) is 3.71. The van der Waals surface area contributed by atoms with Crippen LogP contribution in [0.15, 0.2) is 4.52 Å². The van der Waals surface area contributed by atoms with Crippen molar-refractivity contribution in [3.8, 4) is 0 Å². The van der Waals surface area contributed by atoms with Crippen LogP contribution in [0.3, 0.4) is 0 Å². The minimum absolute atomic E-state index is 0.216. The Bertz CT molecular complexity index is 659. The fourth-order valence-electron chi connectivity index (χ4n) is 5.02. The van der Waals surface area contributed by atoms with Crippen molar-refractivity contribution in [1.29, 1.82) is 0 Å². The second kappa shape index (κ2) is 7.41. The molecule has 4 fully saturated rings. The summed E-state index contributed by atoms with van der Waals surface area (Å²) in [4.78, 5) is 24.3. The van der Waals surface area contributed by atoms with Crippen LogP contribution in [0.4, 0.5) is 5.95 Å². The van der Waals surface area contributed by atoms with Crippen LogP contribution in [0.5, 0.6) is 0 Å². The van der Waals surface area contributed by atoms with Gasteiger partial charge >= 0.3 is 0 Å². The van der Waals surface area contributed by atoms with Gasteiger partial charge in [0.15, 0.2) is 0 Å². The number of amides is 1. The van der Waals surface area contributed by atoms with Crippen molar-refractivity contribution >= 4 is 11.9 Å². The Morgan fingerprint density at radius 1 is 0.926 bits per heavy atom. The Labute approximate surface area is 161 Å². The number of hydrogen-bond acceptors (Lipinski definition) is 6. The van der Waals surface area contributed by atoms with Gasteiger partial charge in [0, 0.05) is 44.7 Å². The highest BCUT2D eigenvalue weighted by Crippen LogP contribution is 2.39. The van der Waals surface area contributed by atoms with Gasteiger partial charge in [-0.2, -0.15) is 4.98 Å². The van der Waals surface area contributed by atoms with E-state index in [0.717, 1.165) is 76.8 Å². The third-order valence-electron chi connectivity index (χ3n) is 6.84. The van der Waals surface area contributed by atoms with Crippen LogP contribution in [-0.2, 0) is 4.79 Å². The molecule has 27 heavy (non-hydrogen) atoms. The zero-order chi connectivity index (χ0) is 18.2. The number of anilines is 1. The molecular formula is C20H31N5O2. The van der Waals surface area contributed by atoms with Gasteiger partial charge in [-0.3, -0.25) is 9.69 Å². The van der Waals surface area contributed by atoms with E-state index in [1.807, 2.05) is 0 Å². The Morgan fingerprint density at radius 3 is 2.44 bits per heavy atom. The molecular weight excluding hydrogens is 342 g/mol. The molecule has 7 heteroatoms. The molecule has 5 rings (SSSR count). The van der Waals surface area contributed by atoms with Crippen molar-refractivity contribution in [3.05, 3.63) is 5.89 Å². The van der Waals surface area contributed by atoms with E-state index >= 15 is 0 Å². The van der Waals surface area contributed by atoms with Crippen molar-refractivity contribution in [3.63, 3.8) is 0 Å². The van der Waals surface area contributed by atoms with Crippen molar-refractivity contribution in [1.82, 2.24) is 19.9 Å². The lowest BCUT2D eigenvalue weighted by atomic mass is 9.93. The van der Waals surface area contributed by atoms with Crippen LogP contribution in [0, 0.1) is 5.92 Å². The molecule has 1 amide bonds. The van der Waals surface area contributed by atoms with Gasteiger partial charge in [0.2, 0.25) is 11.8 Å². The van der Waals surface area contributed by atoms with Gasteiger partial charge in [0.1, 0.15) is 0 Å². The van der Waals surface area contributed by atoms with Crippen molar-refractivity contribution < 1.29 is 9.32 Å². The Morgan fingerprint density at radius 2 is 1.70 bits per heavy atom. The zero-order valence-electron chi connectivity index (χ0n) is 16.2. The van der Waals surface area contributed by atoms with E-state index in [2.05, 4.69) is 24.8 Å². The van der Waals surface area contributed by atoms with E-state index in [9.17, 15) is 4.79 Å². The maximum Gasteiger partial charge on any atom is 0.266 e. The van der Waals surface area contributed by atoms with Crippen LogP contribution in [0.25, 0.3) is 0 Å². The highest BCUT2D eigenvalue weighted by atomic mass is 16.5. The molecule has 3 saturated heterocycles. The molecule has 148 valence electrons. The van der Waals surface area contributed by atoms with Crippen LogP contribution < -0.4 is 4.90 Å². The van der Waals surface area contributed by atoms with Gasteiger partial charge in [-0.05, 0) is 63.1 Å². The zero-order valence-corrected chi connectivity index (χ0v) is 16.2. The molecule has 0 spiro atoms. The number of carbonyl (C=O) groups excluding carboxylic acids is 1. The van der Waals surface area contributed by atoms with Crippen molar-refractivity contribution in [2.45, 2.75) is 63.3 Å². The lowest BCUT2D eigenvalue weighted by molar-refractivity contribution is -0.136. The van der Waals surface area contributed by atoms with Gasteiger partial charge < -0.3 is 14.3 Å². The van der Waals surface area contributed by atoms with E-state index < -0.39 is 0 Å². The molecule has 0 radical (unpaired) electrons. The standard InChI is InChI=1S/C20H31N5O2/c26-19(23-9-1-2-10-23)16-4-3-11-25(14-16)17-7-12-24(13-8-17)20-21-18(27-22-20)15-5-6-15/h15-17H,1-14H2. The van der Waals surface area contributed by atoms with Crippen molar-refractivity contribution in [2.24, 2.45) is 5.92 Å². The molecule has 1 aliphatic carbocycles. The summed E-state index contributed by atoms with van der Waals surface area (Å²) in [5.74, 6) is 2.74. The molecule has 1 saturated carbocycles. The van der Waals surface area contributed by atoms with E-state index in [-0.39, 0.29) is 5.92 Å². The molecule has 1 atom stereocenters. The van der Waals surface area contributed by atoms with Crippen LogP contribution in [-0.4, -0.2) is 71.2 Å². The van der Waals surface area contributed by atoms with E-state index in [4.69, 9.17) is 4.52 Å². The highest BCUT2D eigenvalue weighted by Gasteiger charge is 2.35. The second-order valence-corrected chi connectivity index (χ2v) is 8.79. The first kappa shape index (κ1) is 17.5. The monoisotopic (exact) mass is 373 g/mol. The summed E-state index contributed by atoms with van der Waals surface area (Å²) in [7, 11) is 0. The topological polar surface area (TPSA) is 65.7 Å². The number of hydrogen-bond donors (Lipinski definition) is 0. The summed E-state index contributed by atoms with van der Waals surface area (Å²) in [6, 6.07) is 0.588. The summed E-state index contributed by atoms with van der Waals surface area (Å²) in [5, 5.41) is 4.19. The van der Waals surface area contributed by atoms with Crippen molar-refractivity contribution in [2.75, 3.05) is 44.2 Å². The normalized spacial score (nSPS) is 28.1. The molecule has 0 N–H and O–H groups in total. The summed E-state index contributed by atoms with van der Waals surface area (Å²) < 4.78 is 5.42. The summed E-state index contributed by atoms with van der Waals surface area (Å²) in [6.45, 7) is 6.00. The Kier molecular flexibility index (Phi) is 4.80. The minimum Gasteiger partial charge on any atom is -0.342 e. The molecule has 3 aliphatic heterocycles. The van der Waals surface area contributed by atoms with Crippen LogP contribution in [0.2, 0.25) is 0 Å². The van der Waals surface area contributed by atoms with Gasteiger partial charge in [0.25, 0.3) is 5.95 Å². The first-order valence-corrected chi connectivity index (χ1v) is 10.9. The second-order valence-electron chi connectivity index (χ2n) is 8.79. The number of carbonyl (C=O) groups is 1. The van der Waals surface area contributed by atoms with Crippen LogP contribution in [0.1, 0.15) is 63.2 Å². The minimum atomic E-state index is 0.216. The average molecular weight is 374 g/mol. The van der Waals surface area contributed by atoms with Gasteiger partial charge in [-0.15, -0.1) is 0 Å². The third-order valence-corrected chi connectivity index (χ3v) is 6.84. The highest BCUT2D eigenvalue weighted by molar-refractivity contribution is 5.79. The average Bonchev–Trinajstić information content (AvgIpc) is 3.22. The van der Waals surface area contributed by atoms with E-state index in [1.54, 1.807) is 0 Å². The smallest absolute Gasteiger partial charge is 0.266 e. The molecule has 4 heterocycles. The predicted molar refractivity (Wildman–Crippen MR) is 102 cm³/mol. The maximum atomic E-state index is 12.8. The lowest BCUT2D eigenvalue weighted by Gasteiger charge is -2.42. The fraction of sp³-hybridized carbons (Fsp3) is 0.850. The summed E-state index contributed by atoms with van der Waals surface area (Å²) in [6.07, 6.45) is 9.21. The Hall–Kier alpha value is -1.63. The lowest BCUT2D eigenvalue weighted by Crippen LogP contribution is -2.51. The molecule has 4 aliphatic rings. The molecule has 1 aromatic rings. The SMILES string of the molecule is O=C(C1CCCN(C2CCN(c3noc(C4CC4)n3)CC2)C1)N1CCCC1. The number of aromatic nitrogens is 2. The molecule has 0 aromatic carbocycles. The maximum absolute atomic E-state index is 12.8.